The predicted octanol–water partition coefficient (Wildman–Crippen LogP) is 2.70. The largest absolute Gasteiger partial charge is 0.313 e. The quantitative estimate of drug-likeness (QED) is 0.647. The molecule has 1 aliphatic rings. The van der Waals surface area contributed by atoms with E-state index in [0.717, 1.165) is 25.1 Å². The van der Waals surface area contributed by atoms with Crippen LogP contribution in [0.3, 0.4) is 0 Å². The molecule has 0 bridgehead atoms. The molecule has 5 nitrogen and oxygen atoms in total. The van der Waals surface area contributed by atoms with Gasteiger partial charge in [0.25, 0.3) is 0 Å². The summed E-state index contributed by atoms with van der Waals surface area (Å²) < 4.78 is 13.7. The number of nitrogens with zero attached hydrogens (tertiary/aromatic N) is 2. The van der Waals surface area contributed by atoms with Crippen LogP contribution in [0.4, 0.5) is 10.1 Å². The molecule has 0 spiro atoms. The summed E-state index contributed by atoms with van der Waals surface area (Å²) in [6.07, 6.45) is 2.36. The minimum absolute atomic E-state index is 0.339. The third-order valence-electron chi connectivity index (χ3n) is 3.94. The molecule has 0 aliphatic carbocycles. The highest BCUT2D eigenvalue weighted by Crippen LogP contribution is 2.20. The lowest BCUT2D eigenvalue weighted by Gasteiger charge is -2.29. The van der Waals surface area contributed by atoms with Crippen molar-refractivity contribution in [3.63, 3.8) is 0 Å². The fraction of sp³-hybridized carbons (Fsp3) is 0.600. The zero-order valence-corrected chi connectivity index (χ0v) is 12.5. The van der Waals surface area contributed by atoms with Gasteiger partial charge in [-0.2, -0.15) is 4.39 Å². The molecule has 1 fully saturated rings. The van der Waals surface area contributed by atoms with Gasteiger partial charge in [-0.05, 0) is 44.9 Å². The Bertz CT molecular complexity index is 502. The number of rotatable bonds is 6. The molecule has 1 aliphatic heterocycles. The first kappa shape index (κ1) is 15.9. The summed E-state index contributed by atoms with van der Waals surface area (Å²) in [6, 6.07) is 4.98. The van der Waals surface area contributed by atoms with Gasteiger partial charge in [0, 0.05) is 31.2 Å². The average Bonchev–Trinajstić information content (AvgIpc) is 2.90. The average molecular weight is 295 g/mol. The molecular formula is C15H22FN3O2. The second-order valence-electron chi connectivity index (χ2n) is 5.86. The van der Waals surface area contributed by atoms with Crippen molar-refractivity contribution >= 4 is 5.69 Å². The van der Waals surface area contributed by atoms with Crippen molar-refractivity contribution in [1.82, 2.24) is 10.2 Å². The first-order valence-corrected chi connectivity index (χ1v) is 7.37. The highest BCUT2D eigenvalue weighted by atomic mass is 19.1. The van der Waals surface area contributed by atoms with E-state index in [1.54, 1.807) is 6.07 Å². The maximum atomic E-state index is 13.7. The Kier molecular flexibility index (Phi) is 5.25. The van der Waals surface area contributed by atoms with Crippen LogP contribution in [0, 0.1) is 15.9 Å². The van der Waals surface area contributed by atoms with E-state index in [1.807, 2.05) is 0 Å². The lowest BCUT2D eigenvalue weighted by atomic mass is 10.1. The Morgan fingerprint density at radius 1 is 1.52 bits per heavy atom. The number of benzene rings is 1. The second kappa shape index (κ2) is 6.95. The maximum Gasteiger partial charge on any atom is 0.304 e. The van der Waals surface area contributed by atoms with E-state index in [4.69, 9.17) is 0 Å². The summed E-state index contributed by atoms with van der Waals surface area (Å²) in [5, 5.41) is 14.1. The molecular weight excluding hydrogens is 273 g/mol. The number of nitro groups is 1. The van der Waals surface area contributed by atoms with E-state index >= 15 is 0 Å². The van der Waals surface area contributed by atoms with Gasteiger partial charge in [0.1, 0.15) is 0 Å². The molecule has 0 saturated carbocycles. The molecule has 1 atom stereocenters. The van der Waals surface area contributed by atoms with E-state index in [-0.39, 0.29) is 0 Å². The van der Waals surface area contributed by atoms with E-state index in [0.29, 0.717) is 18.6 Å². The lowest BCUT2D eigenvalue weighted by Crippen LogP contribution is -2.40. The van der Waals surface area contributed by atoms with Gasteiger partial charge in [-0.15, -0.1) is 0 Å². The molecule has 2 rings (SSSR count). The summed E-state index contributed by atoms with van der Waals surface area (Å²) in [4.78, 5) is 12.2. The molecule has 6 heteroatoms. The fourth-order valence-electron chi connectivity index (χ4n) is 2.68. The van der Waals surface area contributed by atoms with Crippen LogP contribution >= 0.6 is 0 Å². The summed E-state index contributed by atoms with van der Waals surface area (Å²) >= 11 is 0. The summed E-state index contributed by atoms with van der Waals surface area (Å²) in [7, 11) is 0. The first-order valence-electron chi connectivity index (χ1n) is 7.37. The van der Waals surface area contributed by atoms with Crippen molar-refractivity contribution in [2.45, 2.75) is 45.3 Å². The van der Waals surface area contributed by atoms with Crippen LogP contribution < -0.4 is 5.32 Å². The normalized spacial score (nSPS) is 18.6. The van der Waals surface area contributed by atoms with Crippen molar-refractivity contribution in [2.24, 2.45) is 0 Å². The van der Waals surface area contributed by atoms with Crippen molar-refractivity contribution in [3.05, 3.63) is 39.7 Å². The van der Waals surface area contributed by atoms with E-state index in [2.05, 4.69) is 24.1 Å². The lowest BCUT2D eigenvalue weighted by molar-refractivity contribution is -0.387. The van der Waals surface area contributed by atoms with Crippen molar-refractivity contribution < 1.29 is 9.31 Å². The van der Waals surface area contributed by atoms with Gasteiger partial charge in [-0.3, -0.25) is 15.0 Å². The van der Waals surface area contributed by atoms with E-state index < -0.39 is 16.4 Å². The highest BCUT2D eigenvalue weighted by molar-refractivity contribution is 5.35. The minimum atomic E-state index is -0.764. The van der Waals surface area contributed by atoms with E-state index in [1.165, 1.54) is 18.6 Å². The topological polar surface area (TPSA) is 58.4 Å². The standard InChI is InChI=1S/C15H22FN3O2/c1-11(2)18(10-13-4-3-7-17-13)9-12-5-6-15(19(20)21)14(16)8-12/h5-6,8,11,13,17H,3-4,7,9-10H2,1-2H3. The van der Waals surface area contributed by atoms with Gasteiger partial charge in [0.2, 0.25) is 5.82 Å². The van der Waals surface area contributed by atoms with Crippen LogP contribution in [0.2, 0.25) is 0 Å². The van der Waals surface area contributed by atoms with Gasteiger partial charge < -0.3 is 5.32 Å². The third kappa shape index (κ3) is 4.22. The smallest absolute Gasteiger partial charge is 0.304 e. The Balaban J connectivity index is 2.05. The van der Waals surface area contributed by atoms with Crippen LogP contribution in [0.15, 0.2) is 18.2 Å². The molecule has 0 aromatic heterocycles. The molecule has 21 heavy (non-hydrogen) atoms. The summed E-state index contributed by atoms with van der Waals surface area (Å²) in [5.41, 5.74) is 0.303. The fourth-order valence-corrected chi connectivity index (χ4v) is 2.68. The molecule has 1 saturated heterocycles. The number of nitrogens with one attached hydrogen (secondary N) is 1. The van der Waals surface area contributed by atoms with Crippen LogP contribution in [0.5, 0.6) is 0 Å². The van der Waals surface area contributed by atoms with Crippen molar-refractivity contribution in [2.75, 3.05) is 13.1 Å². The van der Waals surface area contributed by atoms with Crippen LogP contribution in [0.25, 0.3) is 0 Å². The zero-order valence-electron chi connectivity index (χ0n) is 12.5. The monoisotopic (exact) mass is 295 g/mol. The highest BCUT2D eigenvalue weighted by Gasteiger charge is 2.21. The first-order chi connectivity index (χ1) is 9.97. The van der Waals surface area contributed by atoms with Gasteiger partial charge in [-0.1, -0.05) is 6.07 Å². The van der Waals surface area contributed by atoms with Crippen LogP contribution in [-0.2, 0) is 6.54 Å². The molecule has 1 unspecified atom stereocenters. The second-order valence-corrected chi connectivity index (χ2v) is 5.86. The maximum absolute atomic E-state index is 13.7. The van der Waals surface area contributed by atoms with Crippen molar-refractivity contribution in [3.8, 4) is 0 Å². The van der Waals surface area contributed by atoms with E-state index in [9.17, 15) is 14.5 Å². The number of halogens is 1. The number of hydrogen-bond acceptors (Lipinski definition) is 4. The Morgan fingerprint density at radius 3 is 2.81 bits per heavy atom. The van der Waals surface area contributed by atoms with Gasteiger partial charge in [0.15, 0.2) is 0 Å². The molecule has 1 N–H and O–H groups in total. The minimum Gasteiger partial charge on any atom is -0.313 e. The number of nitro benzene ring substituents is 1. The Hall–Kier alpha value is -1.53. The summed E-state index contributed by atoms with van der Waals surface area (Å²) in [6.45, 7) is 6.79. The number of hydrogen-bond donors (Lipinski definition) is 1. The van der Waals surface area contributed by atoms with Gasteiger partial charge in [-0.25, -0.2) is 0 Å². The SMILES string of the molecule is CC(C)N(Cc1ccc([N+](=O)[O-])c(F)c1)CC1CCCN1. The van der Waals surface area contributed by atoms with Gasteiger partial charge >= 0.3 is 5.69 Å². The Morgan fingerprint density at radius 2 is 2.29 bits per heavy atom. The van der Waals surface area contributed by atoms with Crippen LogP contribution in [0.1, 0.15) is 32.3 Å². The third-order valence-corrected chi connectivity index (χ3v) is 3.94. The van der Waals surface area contributed by atoms with Crippen molar-refractivity contribution in [1.29, 1.82) is 0 Å². The predicted molar refractivity (Wildman–Crippen MR) is 79.6 cm³/mol. The molecule has 0 radical (unpaired) electrons. The van der Waals surface area contributed by atoms with Gasteiger partial charge in [0.05, 0.1) is 4.92 Å². The van der Waals surface area contributed by atoms with Crippen LogP contribution in [-0.4, -0.2) is 35.0 Å². The molecule has 1 aromatic rings. The Labute approximate surface area is 124 Å². The molecule has 0 amide bonds. The molecule has 116 valence electrons. The summed E-state index contributed by atoms with van der Waals surface area (Å²) in [5.74, 6) is -0.764. The zero-order chi connectivity index (χ0) is 15.4. The molecule has 1 aromatic carbocycles. The molecule has 1 heterocycles.